The van der Waals surface area contributed by atoms with Crippen molar-refractivity contribution in [2.45, 2.75) is 64.9 Å². The van der Waals surface area contributed by atoms with Crippen LogP contribution in [0.25, 0.3) is 66.6 Å². The third kappa shape index (κ3) is 5.22. The van der Waals surface area contributed by atoms with Crippen molar-refractivity contribution < 1.29 is 18.3 Å². The number of benzene rings is 7. The van der Waals surface area contributed by atoms with Crippen molar-refractivity contribution in [2.24, 2.45) is 0 Å². The van der Waals surface area contributed by atoms with Crippen molar-refractivity contribution in [3.05, 3.63) is 166 Å². The Bertz CT molecular complexity index is 2980. The smallest absolute Gasteiger partial charge is 0.178 e. The van der Waals surface area contributed by atoms with Gasteiger partial charge in [0.15, 0.2) is 5.60 Å². The minimum atomic E-state index is -1.11. The molecule has 2 heterocycles. The summed E-state index contributed by atoms with van der Waals surface area (Å²) in [4.78, 5) is 0. The van der Waals surface area contributed by atoms with Crippen LogP contribution < -0.4 is 9.47 Å². The van der Waals surface area contributed by atoms with Gasteiger partial charge in [-0.15, -0.1) is 0 Å². The Morgan fingerprint density at radius 3 is 1.79 bits per heavy atom. The van der Waals surface area contributed by atoms with E-state index in [0.717, 1.165) is 72.4 Å². The number of ether oxygens (including phenoxy) is 2. The molecule has 1 aliphatic heterocycles. The molecule has 58 heavy (non-hydrogen) atoms. The van der Waals surface area contributed by atoms with E-state index in [9.17, 15) is 4.39 Å². The molecule has 3 nitrogen and oxygen atoms in total. The van der Waals surface area contributed by atoms with Crippen LogP contribution in [0, 0.1) is 18.6 Å². The van der Waals surface area contributed by atoms with E-state index in [0.29, 0.717) is 11.1 Å². The number of hydrogen-bond acceptors (Lipinski definition) is 2. The molecule has 1 atom stereocenters. The van der Waals surface area contributed by atoms with Crippen molar-refractivity contribution in [3.8, 4) is 39.4 Å². The Morgan fingerprint density at radius 1 is 0.621 bits per heavy atom. The Hall–Kier alpha value is -6.20. The first-order chi connectivity index (χ1) is 27.7. The van der Waals surface area contributed by atoms with Gasteiger partial charge in [0, 0.05) is 38.5 Å². The molecule has 0 radical (unpaired) electrons. The molecule has 8 aromatic rings. The molecule has 1 aliphatic carbocycles. The molecule has 2 aliphatic rings. The second-order valence-electron chi connectivity index (χ2n) is 18.0. The third-order valence-electron chi connectivity index (χ3n) is 12.5. The monoisotopic (exact) mass is 765 g/mol. The van der Waals surface area contributed by atoms with Crippen LogP contribution in [0.3, 0.4) is 0 Å². The van der Waals surface area contributed by atoms with E-state index in [1.807, 2.05) is 31.2 Å². The maximum Gasteiger partial charge on any atom is 0.178 e. The van der Waals surface area contributed by atoms with Crippen LogP contribution >= 0.6 is 0 Å². The normalized spacial score (nSPS) is 15.9. The largest absolute Gasteiger partial charge is 0.497 e. The Labute approximate surface area is 338 Å². The molecule has 0 amide bonds. The van der Waals surface area contributed by atoms with Gasteiger partial charge in [-0.1, -0.05) is 96.1 Å². The molecule has 288 valence electrons. The van der Waals surface area contributed by atoms with Gasteiger partial charge < -0.3 is 14.0 Å². The highest BCUT2D eigenvalue weighted by Gasteiger charge is 2.40. The highest BCUT2D eigenvalue weighted by molar-refractivity contribution is 6.19. The Balaban J connectivity index is 1.17. The molecular weight excluding hydrogens is 721 g/mol. The zero-order chi connectivity index (χ0) is 40.5. The van der Waals surface area contributed by atoms with E-state index in [2.05, 4.69) is 119 Å². The fourth-order valence-electron chi connectivity index (χ4n) is 9.32. The number of fused-ring (bicyclic) bond motifs is 8. The summed E-state index contributed by atoms with van der Waals surface area (Å²) < 4.78 is 46.3. The number of methoxy groups -OCH3 is 1. The fourth-order valence-corrected chi connectivity index (χ4v) is 9.32. The van der Waals surface area contributed by atoms with Gasteiger partial charge >= 0.3 is 0 Å². The summed E-state index contributed by atoms with van der Waals surface area (Å²) in [5.41, 5.74) is 11.7. The third-order valence-corrected chi connectivity index (χ3v) is 12.5. The molecule has 0 spiro atoms. The van der Waals surface area contributed by atoms with E-state index in [-0.39, 0.29) is 22.5 Å². The zero-order valence-corrected chi connectivity index (χ0v) is 34.1. The zero-order valence-electron chi connectivity index (χ0n) is 34.1. The second kappa shape index (κ2) is 12.4. The molecule has 5 heteroatoms. The first-order valence-corrected chi connectivity index (χ1v) is 20.0. The summed E-state index contributed by atoms with van der Waals surface area (Å²) in [5, 5.41) is 3.61. The molecular formula is C53H45F2NO2. The van der Waals surface area contributed by atoms with Gasteiger partial charge in [-0.3, -0.25) is 0 Å². The van der Waals surface area contributed by atoms with Gasteiger partial charge in [0.25, 0.3) is 0 Å². The Kier molecular flexibility index (Phi) is 7.73. The van der Waals surface area contributed by atoms with E-state index in [1.54, 1.807) is 25.3 Å². The molecule has 1 aromatic heterocycles. The van der Waals surface area contributed by atoms with Crippen LogP contribution in [0.5, 0.6) is 11.5 Å². The predicted molar refractivity (Wildman–Crippen MR) is 235 cm³/mol. The summed E-state index contributed by atoms with van der Waals surface area (Å²) in [7, 11) is 1.65. The van der Waals surface area contributed by atoms with Gasteiger partial charge in [0.1, 0.15) is 23.1 Å². The SMILES string of the molecule is COc1ccc(C2(c3ccc(-n4c5ccc(C(C)(C)C)cc5c5cc(C(C)(C)C)ccc54)cc3)C=Cc3c(C)c4c5c(ccc(F)c5c3O2)-c2ccc(F)cc2-4)cc1. The van der Waals surface area contributed by atoms with Gasteiger partial charge in [-0.2, -0.15) is 0 Å². The van der Waals surface area contributed by atoms with E-state index >= 15 is 4.39 Å². The summed E-state index contributed by atoms with van der Waals surface area (Å²) >= 11 is 0. The van der Waals surface area contributed by atoms with Crippen LogP contribution in [0.4, 0.5) is 8.78 Å². The van der Waals surface area contributed by atoms with Gasteiger partial charge in [-0.05, 0) is 130 Å². The predicted octanol–water partition coefficient (Wildman–Crippen LogP) is 14.1. The highest BCUT2D eigenvalue weighted by Crippen LogP contribution is 2.56. The maximum atomic E-state index is 16.4. The quantitative estimate of drug-likeness (QED) is 0.178. The fraction of sp³-hybridized carbons (Fsp3) is 0.208. The van der Waals surface area contributed by atoms with Gasteiger partial charge in [-0.25, -0.2) is 8.78 Å². The maximum absolute atomic E-state index is 16.4. The lowest BCUT2D eigenvalue weighted by atomic mass is 9.81. The summed E-state index contributed by atoms with van der Waals surface area (Å²) in [6.07, 6.45) is 4.13. The van der Waals surface area contributed by atoms with Crippen LogP contribution in [-0.2, 0) is 16.4 Å². The van der Waals surface area contributed by atoms with Crippen LogP contribution in [0.15, 0.2) is 121 Å². The van der Waals surface area contributed by atoms with Gasteiger partial charge in [0.2, 0.25) is 0 Å². The van der Waals surface area contributed by atoms with E-state index in [1.165, 1.54) is 34.0 Å². The van der Waals surface area contributed by atoms with Crippen molar-refractivity contribution in [3.63, 3.8) is 0 Å². The Morgan fingerprint density at radius 2 is 1.21 bits per heavy atom. The molecule has 0 saturated heterocycles. The number of aromatic nitrogens is 1. The molecule has 0 bridgehead atoms. The van der Waals surface area contributed by atoms with Crippen molar-refractivity contribution in [1.82, 2.24) is 4.57 Å². The lowest BCUT2D eigenvalue weighted by molar-refractivity contribution is 0.163. The van der Waals surface area contributed by atoms with Crippen molar-refractivity contribution >= 4 is 38.7 Å². The molecule has 0 fully saturated rings. The summed E-state index contributed by atoms with van der Waals surface area (Å²) in [6, 6.07) is 38.3. The number of hydrogen-bond donors (Lipinski definition) is 0. The molecule has 1 unspecified atom stereocenters. The molecule has 10 rings (SSSR count). The lowest BCUT2D eigenvalue weighted by Crippen LogP contribution is -2.34. The van der Waals surface area contributed by atoms with E-state index in [4.69, 9.17) is 9.47 Å². The summed E-state index contributed by atoms with van der Waals surface area (Å²) in [5.74, 6) is 0.492. The van der Waals surface area contributed by atoms with Crippen LogP contribution in [-0.4, -0.2) is 11.7 Å². The average Bonchev–Trinajstić information content (AvgIpc) is 3.71. The molecule has 0 N–H and O–H groups in total. The van der Waals surface area contributed by atoms with Crippen LogP contribution in [0.1, 0.15) is 74.9 Å². The van der Waals surface area contributed by atoms with Gasteiger partial charge in [0.05, 0.1) is 23.5 Å². The lowest BCUT2D eigenvalue weighted by Gasteiger charge is -2.37. The first kappa shape index (κ1) is 36.2. The summed E-state index contributed by atoms with van der Waals surface area (Å²) in [6.45, 7) is 15.6. The number of halogens is 2. The number of nitrogens with zero attached hydrogens (tertiary/aromatic N) is 1. The highest BCUT2D eigenvalue weighted by atomic mass is 19.1. The average molecular weight is 766 g/mol. The van der Waals surface area contributed by atoms with E-state index < -0.39 is 5.60 Å². The minimum absolute atomic E-state index is 0.00334. The van der Waals surface area contributed by atoms with Crippen molar-refractivity contribution in [2.75, 3.05) is 7.11 Å². The standard InChI is InChI=1S/C53H45F2NO2/c1-30-38-25-26-53(32-11-18-37(57-8)19-12-32,58-50(38)49-44(55)22-21-40-39-20-15-35(54)29-43(39)47(30)48(40)49)31-9-16-36(17-10-31)56-45-23-13-33(51(2,3)4)27-41(45)42-28-34(52(5,6)7)14-24-46(42)56/h9-29H,1-8H3. The molecule has 7 aromatic carbocycles. The second-order valence-corrected chi connectivity index (χ2v) is 18.0. The minimum Gasteiger partial charge on any atom is -0.497 e. The number of rotatable bonds is 4. The van der Waals surface area contributed by atoms with Crippen LogP contribution in [0.2, 0.25) is 0 Å². The topological polar surface area (TPSA) is 23.4 Å². The van der Waals surface area contributed by atoms with Crippen molar-refractivity contribution in [1.29, 1.82) is 0 Å². The first-order valence-electron chi connectivity index (χ1n) is 20.0. The molecule has 0 saturated carbocycles.